The quantitative estimate of drug-likeness (QED) is 0.894. The molecule has 0 fully saturated rings. The lowest BCUT2D eigenvalue weighted by molar-refractivity contribution is 0.418. The zero-order chi connectivity index (χ0) is 14.8. The predicted molar refractivity (Wildman–Crippen MR) is 75.1 cm³/mol. The normalized spacial score (nSPS) is 13.3. The van der Waals surface area contributed by atoms with Gasteiger partial charge in [0.25, 0.3) is 5.89 Å². The highest BCUT2D eigenvalue weighted by atomic mass is 32.2. The molecular weight excluding hydrogens is 278 g/mol. The summed E-state index contributed by atoms with van der Waals surface area (Å²) in [4.78, 5) is 4.56. The molecule has 1 N–H and O–H groups in total. The highest BCUT2D eigenvalue weighted by molar-refractivity contribution is 7.90. The second-order valence-corrected chi connectivity index (χ2v) is 6.72. The molecule has 1 heterocycles. The van der Waals surface area contributed by atoms with Crippen LogP contribution in [0.15, 0.2) is 33.7 Å². The number of nitrogens with one attached hydrogen (secondary N) is 1. The van der Waals surface area contributed by atoms with Gasteiger partial charge in [-0.15, -0.1) is 0 Å². The summed E-state index contributed by atoms with van der Waals surface area (Å²) in [5.74, 6) is 1.01. The van der Waals surface area contributed by atoms with Gasteiger partial charge in [0, 0.05) is 24.3 Å². The highest BCUT2D eigenvalue weighted by Gasteiger charge is 2.12. The molecule has 0 bridgehead atoms. The first-order valence-electron chi connectivity index (χ1n) is 6.20. The Hall–Kier alpha value is -1.73. The van der Waals surface area contributed by atoms with Crippen LogP contribution in [0.5, 0.6) is 0 Å². The number of likely N-dealkylation sites (N-methyl/N-ethyl adjacent to an activating group) is 1. The van der Waals surface area contributed by atoms with Crippen molar-refractivity contribution in [3.05, 3.63) is 30.1 Å². The molecule has 20 heavy (non-hydrogen) atoms. The van der Waals surface area contributed by atoms with Crippen LogP contribution in [0.25, 0.3) is 11.5 Å². The number of hydrogen-bond acceptors (Lipinski definition) is 6. The largest absolute Gasteiger partial charge is 0.334 e. The first-order valence-corrected chi connectivity index (χ1v) is 8.09. The van der Waals surface area contributed by atoms with Crippen LogP contribution < -0.4 is 5.32 Å². The molecule has 108 valence electrons. The predicted octanol–water partition coefficient (Wildman–Crippen LogP) is 1.29. The molecule has 1 atom stereocenters. The fourth-order valence-electron chi connectivity index (χ4n) is 1.67. The van der Waals surface area contributed by atoms with E-state index in [2.05, 4.69) is 15.5 Å². The molecule has 0 aliphatic carbocycles. The van der Waals surface area contributed by atoms with E-state index in [-0.39, 0.29) is 10.9 Å². The Morgan fingerprint density at radius 3 is 2.50 bits per heavy atom. The fraction of sp³-hybridized carbons (Fsp3) is 0.385. The molecule has 1 aromatic carbocycles. The molecule has 0 amide bonds. The van der Waals surface area contributed by atoms with Gasteiger partial charge in [-0.2, -0.15) is 4.98 Å². The zero-order valence-electron chi connectivity index (χ0n) is 11.6. The molecule has 0 saturated carbocycles. The smallest absolute Gasteiger partial charge is 0.257 e. The van der Waals surface area contributed by atoms with Gasteiger partial charge in [-0.05, 0) is 38.2 Å². The van der Waals surface area contributed by atoms with E-state index in [1.54, 1.807) is 12.1 Å². The van der Waals surface area contributed by atoms with Crippen LogP contribution in [-0.2, 0) is 16.3 Å². The molecule has 2 rings (SSSR count). The van der Waals surface area contributed by atoms with E-state index in [4.69, 9.17) is 4.52 Å². The van der Waals surface area contributed by atoms with Crippen LogP contribution >= 0.6 is 0 Å². The molecule has 0 aliphatic rings. The number of aromatic nitrogens is 2. The van der Waals surface area contributed by atoms with Crippen molar-refractivity contribution in [2.45, 2.75) is 24.3 Å². The molecule has 6 nitrogen and oxygen atoms in total. The first-order chi connectivity index (χ1) is 9.40. The summed E-state index contributed by atoms with van der Waals surface area (Å²) >= 11 is 0. The molecule has 1 unspecified atom stereocenters. The van der Waals surface area contributed by atoms with E-state index in [1.807, 2.05) is 14.0 Å². The van der Waals surface area contributed by atoms with Crippen molar-refractivity contribution in [1.29, 1.82) is 0 Å². The molecule has 1 aromatic heterocycles. The number of nitrogens with zero attached hydrogens (tertiary/aromatic N) is 2. The summed E-state index contributed by atoms with van der Waals surface area (Å²) in [5, 5.41) is 7.01. The van der Waals surface area contributed by atoms with E-state index in [1.165, 1.54) is 18.4 Å². The first kappa shape index (κ1) is 14.7. The van der Waals surface area contributed by atoms with Gasteiger partial charge in [0.1, 0.15) is 0 Å². The maximum Gasteiger partial charge on any atom is 0.257 e. The molecule has 0 spiro atoms. The van der Waals surface area contributed by atoms with E-state index in [0.29, 0.717) is 23.7 Å². The van der Waals surface area contributed by atoms with E-state index in [9.17, 15) is 8.42 Å². The zero-order valence-corrected chi connectivity index (χ0v) is 12.4. The monoisotopic (exact) mass is 295 g/mol. The summed E-state index contributed by atoms with van der Waals surface area (Å²) in [5.41, 5.74) is 0.702. The van der Waals surface area contributed by atoms with Gasteiger partial charge in [-0.3, -0.25) is 0 Å². The Balaban J connectivity index is 2.20. The van der Waals surface area contributed by atoms with E-state index >= 15 is 0 Å². The van der Waals surface area contributed by atoms with Gasteiger partial charge < -0.3 is 9.84 Å². The molecule has 0 aliphatic heterocycles. The van der Waals surface area contributed by atoms with Crippen LogP contribution in [-0.4, -0.2) is 37.9 Å². The van der Waals surface area contributed by atoms with Crippen molar-refractivity contribution in [3.63, 3.8) is 0 Å². The molecule has 0 radical (unpaired) electrons. The molecule has 7 heteroatoms. The average Bonchev–Trinajstić information content (AvgIpc) is 2.86. The van der Waals surface area contributed by atoms with Crippen LogP contribution in [0.1, 0.15) is 12.7 Å². The summed E-state index contributed by atoms with van der Waals surface area (Å²) in [6.07, 6.45) is 1.84. The second kappa shape index (κ2) is 5.72. The lowest BCUT2D eigenvalue weighted by Gasteiger charge is -2.04. The maximum atomic E-state index is 11.4. The third-order valence-electron chi connectivity index (χ3n) is 2.98. The SMILES string of the molecule is CNC(C)Cc1noc(-c2ccc(S(C)(=O)=O)cc2)n1. The van der Waals surface area contributed by atoms with E-state index < -0.39 is 9.84 Å². The minimum Gasteiger partial charge on any atom is -0.334 e. The topological polar surface area (TPSA) is 85.1 Å². The fourth-order valence-corrected chi connectivity index (χ4v) is 2.31. The third kappa shape index (κ3) is 3.43. The number of benzene rings is 1. The summed E-state index contributed by atoms with van der Waals surface area (Å²) < 4.78 is 27.9. The number of hydrogen-bond donors (Lipinski definition) is 1. The Labute approximate surface area is 118 Å². The summed E-state index contributed by atoms with van der Waals surface area (Å²) in [7, 11) is -1.32. The van der Waals surface area contributed by atoms with Crippen molar-refractivity contribution in [1.82, 2.24) is 15.5 Å². The second-order valence-electron chi connectivity index (χ2n) is 4.71. The van der Waals surface area contributed by atoms with Crippen molar-refractivity contribution >= 4 is 9.84 Å². The Morgan fingerprint density at radius 2 is 1.95 bits per heavy atom. The Kier molecular flexibility index (Phi) is 4.20. The van der Waals surface area contributed by atoms with Gasteiger partial charge in [0.2, 0.25) is 0 Å². The summed E-state index contributed by atoms with van der Waals surface area (Å²) in [6.45, 7) is 2.02. The average molecular weight is 295 g/mol. The standard InChI is InChI=1S/C13H17N3O3S/c1-9(14-2)8-12-15-13(19-16-12)10-4-6-11(7-5-10)20(3,17)18/h4-7,9,14H,8H2,1-3H3. The van der Waals surface area contributed by atoms with Gasteiger partial charge in [-0.1, -0.05) is 5.16 Å². The van der Waals surface area contributed by atoms with Crippen LogP contribution in [0.3, 0.4) is 0 Å². The van der Waals surface area contributed by atoms with Crippen molar-refractivity contribution in [2.75, 3.05) is 13.3 Å². The summed E-state index contributed by atoms with van der Waals surface area (Å²) in [6, 6.07) is 6.65. The molecular formula is C13H17N3O3S. The van der Waals surface area contributed by atoms with Crippen LogP contribution in [0.4, 0.5) is 0 Å². The minimum atomic E-state index is -3.19. The molecule has 0 saturated heterocycles. The lowest BCUT2D eigenvalue weighted by Crippen LogP contribution is -2.24. The number of sulfone groups is 1. The van der Waals surface area contributed by atoms with Gasteiger partial charge in [0.15, 0.2) is 15.7 Å². The number of rotatable bonds is 5. The minimum absolute atomic E-state index is 0.257. The lowest BCUT2D eigenvalue weighted by atomic mass is 10.2. The van der Waals surface area contributed by atoms with Crippen molar-refractivity contribution < 1.29 is 12.9 Å². The Morgan fingerprint density at radius 1 is 1.30 bits per heavy atom. The highest BCUT2D eigenvalue weighted by Crippen LogP contribution is 2.20. The van der Waals surface area contributed by atoms with Gasteiger partial charge in [0.05, 0.1) is 4.90 Å². The van der Waals surface area contributed by atoms with Gasteiger partial charge in [-0.25, -0.2) is 8.42 Å². The van der Waals surface area contributed by atoms with Crippen molar-refractivity contribution in [2.24, 2.45) is 0 Å². The van der Waals surface area contributed by atoms with Crippen LogP contribution in [0.2, 0.25) is 0 Å². The van der Waals surface area contributed by atoms with Crippen LogP contribution in [0, 0.1) is 0 Å². The van der Waals surface area contributed by atoms with E-state index in [0.717, 1.165) is 0 Å². The van der Waals surface area contributed by atoms with Gasteiger partial charge >= 0.3 is 0 Å². The Bertz CT molecular complexity index is 677. The maximum absolute atomic E-state index is 11.4. The third-order valence-corrected chi connectivity index (χ3v) is 4.11. The molecule has 2 aromatic rings. The van der Waals surface area contributed by atoms with Crippen molar-refractivity contribution in [3.8, 4) is 11.5 Å².